The zero-order chi connectivity index (χ0) is 13.1. The molecule has 2 nitrogen and oxygen atoms in total. The highest BCUT2D eigenvalue weighted by Crippen LogP contribution is 2.30. The molecule has 1 heterocycles. The van der Waals surface area contributed by atoms with Crippen LogP contribution in [0, 0.1) is 0 Å². The molecule has 1 aromatic heterocycles. The van der Waals surface area contributed by atoms with Gasteiger partial charge < -0.3 is 9.52 Å². The third-order valence-electron chi connectivity index (χ3n) is 3.37. The van der Waals surface area contributed by atoms with Crippen LogP contribution in [0.2, 0.25) is 0 Å². The molecule has 0 aliphatic heterocycles. The van der Waals surface area contributed by atoms with Gasteiger partial charge in [-0.15, -0.1) is 0 Å². The number of hydrogen-bond donors (Lipinski definition) is 1. The number of hydrogen-bond acceptors (Lipinski definition) is 2. The van der Waals surface area contributed by atoms with Gasteiger partial charge in [-0.05, 0) is 45.5 Å². The van der Waals surface area contributed by atoms with Crippen LogP contribution in [0.4, 0.5) is 0 Å². The number of rotatable bonds is 4. The average Bonchev–Trinajstić information content (AvgIpc) is 2.83. The van der Waals surface area contributed by atoms with Crippen LogP contribution in [-0.2, 0) is 0 Å². The summed E-state index contributed by atoms with van der Waals surface area (Å²) in [5.74, 6) is 0.553. The largest absolute Gasteiger partial charge is 0.457 e. The summed E-state index contributed by atoms with van der Waals surface area (Å²) in [4.78, 5) is 0. The molecular formula is C15H17BrO2. The number of furan rings is 1. The van der Waals surface area contributed by atoms with E-state index in [0.29, 0.717) is 10.6 Å². The van der Waals surface area contributed by atoms with Crippen molar-refractivity contribution in [2.45, 2.75) is 32.3 Å². The van der Waals surface area contributed by atoms with Crippen molar-refractivity contribution >= 4 is 15.9 Å². The second-order valence-corrected chi connectivity index (χ2v) is 5.25. The Labute approximate surface area is 116 Å². The molecule has 1 N–H and O–H groups in total. The van der Waals surface area contributed by atoms with Crippen LogP contribution >= 0.6 is 15.9 Å². The Morgan fingerprint density at radius 2 is 1.78 bits per heavy atom. The van der Waals surface area contributed by atoms with Gasteiger partial charge in [0.25, 0.3) is 0 Å². The molecule has 0 saturated heterocycles. The molecule has 3 heteroatoms. The van der Waals surface area contributed by atoms with E-state index >= 15 is 0 Å². The molecule has 1 aromatic carbocycles. The highest BCUT2D eigenvalue weighted by atomic mass is 79.9. The summed E-state index contributed by atoms with van der Waals surface area (Å²) in [6.45, 7) is 4.38. The van der Waals surface area contributed by atoms with Crippen molar-refractivity contribution in [3.63, 3.8) is 0 Å². The van der Waals surface area contributed by atoms with Crippen LogP contribution < -0.4 is 0 Å². The van der Waals surface area contributed by atoms with Gasteiger partial charge in [0.2, 0.25) is 0 Å². The van der Waals surface area contributed by atoms with E-state index in [4.69, 9.17) is 4.42 Å². The van der Waals surface area contributed by atoms with Crippen molar-refractivity contribution in [2.75, 3.05) is 0 Å². The Bertz CT molecular complexity index is 501. The summed E-state index contributed by atoms with van der Waals surface area (Å²) >= 11 is 3.29. The molecule has 0 fully saturated rings. The van der Waals surface area contributed by atoms with Crippen molar-refractivity contribution in [3.8, 4) is 0 Å². The molecule has 2 unspecified atom stereocenters. The highest BCUT2D eigenvalue weighted by molar-refractivity contribution is 9.10. The maximum Gasteiger partial charge on any atom is 0.175 e. The molecule has 0 aliphatic rings. The predicted molar refractivity (Wildman–Crippen MR) is 75.6 cm³/mol. The van der Waals surface area contributed by atoms with Crippen molar-refractivity contribution in [1.29, 1.82) is 0 Å². The third-order valence-corrected chi connectivity index (χ3v) is 4.02. The van der Waals surface area contributed by atoms with Crippen LogP contribution in [0.3, 0.4) is 0 Å². The quantitative estimate of drug-likeness (QED) is 0.892. The standard InChI is InChI=1S/C15H17BrO2/c1-3-10(2)11-4-6-12(7-5-11)14(17)13-8-9-18-15(13)16/h4-10,14,17H,3H2,1-2H3. The van der Waals surface area contributed by atoms with Crippen molar-refractivity contribution in [3.05, 3.63) is 58.0 Å². The summed E-state index contributed by atoms with van der Waals surface area (Å²) < 4.78 is 5.73. The van der Waals surface area contributed by atoms with Gasteiger partial charge in [0.1, 0.15) is 6.10 Å². The third kappa shape index (κ3) is 2.68. The second-order valence-electron chi connectivity index (χ2n) is 4.53. The zero-order valence-corrected chi connectivity index (χ0v) is 12.1. The first-order valence-electron chi connectivity index (χ1n) is 6.14. The molecule has 0 radical (unpaired) electrons. The van der Waals surface area contributed by atoms with Crippen LogP contribution in [0.15, 0.2) is 45.7 Å². The van der Waals surface area contributed by atoms with Crippen molar-refractivity contribution < 1.29 is 9.52 Å². The summed E-state index contributed by atoms with van der Waals surface area (Å²) in [5.41, 5.74) is 2.94. The van der Waals surface area contributed by atoms with E-state index in [1.807, 2.05) is 12.1 Å². The SMILES string of the molecule is CCC(C)c1ccc(C(O)c2ccoc2Br)cc1. The first-order valence-corrected chi connectivity index (χ1v) is 6.93. The first kappa shape index (κ1) is 13.4. The van der Waals surface area contributed by atoms with E-state index in [2.05, 4.69) is 41.9 Å². The topological polar surface area (TPSA) is 33.4 Å². The first-order chi connectivity index (χ1) is 8.63. The van der Waals surface area contributed by atoms with Gasteiger partial charge in [-0.25, -0.2) is 0 Å². The van der Waals surface area contributed by atoms with Gasteiger partial charge in [0.15, 0.2) is 4.67 Å². The molecule has 2 atom stereocenters. The highest BCUT2D eigenvalue weighted by Gasteiger charge is 2.16. The molecular weight excluding hydrogens is 292 g/mol. The molecule has 2 rings (SSSR count). The van der Waals surface area contributed by atoms with Crippen molar-refractivity contribution in [1.82, 2.24) is 0 Å². The molecule has 96 valence electrons. The molecule has 0 saturated carbocycles. The fourth-order valence-electron chi connectivity index (χ4n) is 1.92. The summed E-state index contributed by atoms with van der Waals surface area (Å²) in [6, 6.07) is 9.90. The normalized spacial score (nSPS) is 14.4. The van der Waals surface area contributed by atoms with Gasteiger partial charge in [-0.2, -0.15) is 0 Å². The Kier molecular flexibility index (Phi) is 4.25. The minimum absolute atomic E-state index is 0.553. The molecule has 0 spiro atoms. The minimum Gasteiger partial charge on any atom is -0.457 e. The maximum absolute atomic E-state index is 10.3. The van der Waals surface area contributed by atoms with Crippen LogP contribution in [0.5, 0.6) is 0 Å². The van der Waals surface area contributed by atoms with Gasteiger partial charge in [-0.3, -0.25) is 0 Å². The summed E-state index contributed by atoms with van der Waals surface area (Å²) in [7, 11) is 0. The maximum atomic E-state index is 10.3. The Morgan fingerprint density at radius 3 is 2.28 bits per heavy atom. The number of benzene rings is 1. The Balaban J connectivity index is 2.22. The summed E-state index contributed by atoms with van der Waals surface area (Å²) in [6.07, 6.45) is 2.04. The summed E-state index contributed by atoms with van der Waals surface area (Å²) in [5, 5.41) is 10.3. The van der Waals surface area contributed by atoms with Crippen LogP contribution in [0.25, 0.3) is 0 Å². The van der Waals surface area contributed by atoms with E-state index in [9.17, 15) is 5.11 Å². The van der Waals surface area contributed by atoms with E-state index in [1.54, 1.807) is 12.3 Å². The molecule has 0 bridgehead atoms. The van der Waals surface area contributed by atoms with Crippen LogP contribution in [0.1, 0.15) is 49.0 Å². The smallest absolute Gasteiger partial charge is 0.175 e. The Hall–Kier alpha value is -1.06. The molecule has 0 amide bonds. The average molecular weight is 309 g/mol. The Morgan fingerprint density at radius 1 is 1.17 bits per heavy atom. The lowest BCUT2D eigenvalue weighted by Gasteiger charge is -2.13. The van der Waals surface area contributed by atoms with Gasteiger partial charge in [-0.1, -0.05) is 38.1 Å². The van der Waals surface area contributed by atoms with E-state index in [-0.39, 0.29) is 0 Å². The zero-order valence-electron chi connectivity index (χ0n) is 10.6. The van der Waals surface area contributed by atoms with Crippen LogP contribution in [-0.4, -0.2) is 5.11 Å². The number of aliphatic hydroxyl groups is 1. The number of halogens is 1. The van der Waals surface area contributed by atoms with Gasteiger partial charge >= 0.3 is 0 Å². The second kappa shape index (κ2) is 5.72. The van der Waals surface area contributed by atoms with Gasteiger partial charge in [0, 0.05) is 5.56 Å². The lowest BCUT2D eigenvalue weighted by atomic mass is 9.95. The fraction of sp³-hybridized carbons (Fsp3) is 0.333. The fourth-order valence-corrected chi connectivity index (χ4v) is 2.38. The molecule has 18 heavy (non-hydrogen) atoms. The predicted octanol–water partition coefficient (Wildman–Crippen LogP) is 4.64. The monoisotopic (exact) mass is 308 g/mol. The van der Waals surface area contributed by atoms with E-state index in [0.717, 1.165) is 17.5 Å². The van der Waals surface area contributed by atoms with E-state index in [1.165, 1.54) is 5.56 Å². The lowest BCUT2D eigenvalue weighted by molar-refractivity contribution is 0.218. The number of aliphatic hydroxyl groups excluding tert-OH is 1. The molecule has 0 aliphatic carbocycles. The minimum atomic E-state index is -0.649. The van der Waals surface area contributed by atoms with E-state index < -0.39 is 6.10 Å². The van der Waals surface area contributed by atoms with Gasteiger partial charge in [0.05, 0.1) is 6.26 Å². The van der Waals surface area contributed by atoms with Crippen molar-refractivity contribution in [2.24, 2.45) is 0 Å². The lowest BCUT2D eigenvalue weighted by Crippen LogP contribution is -2.00. The molecule has 2 aromatic rings.